The van der Waals surface area contributed by atoms with Gasteiger partial charge in [-0.2, -0.15) is 4.31 Å². The number of aryl methyl sites for hydroxylation is 1. The summed E-state index contributed by atoms with van der Waals surface area (Å²) in [5.74, 6) is 0.662. The van der Waals surface area contributed by atoms with Crippen molar-refractivity contribution in [2.24, 2.45) is 5.92 Å². The van der Waals surface area contributed by atoms with Crippen LogP contribution in [-0.2, 0) is 10.0 Å². The van der Waals surface area contributed by atoms with E-state index in [1.54, 1.807) is 7.11 Å². The average molecular weight is 460 g/mol. The van der Waals surface area contributed by atoms with Gasteiger partial charge in [0.15, 0.2) is 5.13 Å². The summed E-state index contributed by atoms with van der Waals surface area (Å²) in [5, 5.41) is 3.27. The summed E-state index contributed by atoms with van der Waals surface area (Å²) < 4.78 is 33.6. The van der Waals surface area contributed by atoms with Gasteiger partial charge in [-0.05, 0) is 61.6 Å². The van der Waals surface area contributed by atoms with E-state index in [1.807, 2.05) is 19.1 Å². The van der Waals surface area contributed by atoms with Gasteiger partial charge in [-0.25, -0.2) is 13.4 Å². The number of hydrogen-bond acceptors (Lipinski definition) is 6. The van der Waals surface area contributed by atoms with E-state index in [0.717, 1.165) is 23.1 Å². The normalized spacial score (nSPS) is 17.6. The molecule has 1 amide bonds. The van der Waals surface area contributed by atoms with Crippen molar-refractivity contribution in [2.45, 2.75) is 31.6 Å². The number of fused-ring (bicyclic) bond motifs is 1. The number of ether oxygens (including phenoxy) is 1. The van der Waals surface area contributed by atoms with Crippen LogP contribution >= 0.6 is 11.3 Å². The number of nitrogens with one attached hydrogen (secondary N) is 1. The molecule has 1 aromatic heterocycles. The molecule has 0 unspecified atom stereocenters. The number of carbonyl (C=O) groups is 1. The Kier molecular flexibility index (Phi) is 6.00. The molecule has 0 spiro atoms. The lowest BCUT2D eigenvalue weighted by molar-refractivity contribution is 0.102. The molecule has 31 heavy (non-hydrogen) atoms. The van der Waals surface area contributed by atoms with Gasteiger partial charge in [-0.1, -0.05) is 24.3 Å². The molecule has 1 aliphatic heterocycles. The average Bonchev–Trinajstić information content (AvgIpc) is 3.18. The summed E-state index contributed by atoms with van der Waals surface area (Å²) >= 11 is 1.38. The molecule has 0 bridgehead atoms. The second-order valence-corrected chi connectivity index (χ2v) is 10.8. The molecule has 1 fully saturated rings. The number of thiazole rings is 1. The number of carbonyl (C=O) groups excluding carboxylic acids is 1. The van der Waals surface area contributed by atoms with E-state index in [1.165, 1.54) is 39.9 Å². The Morgan fingerprint density at radius 1 is 1.23 bits per heavy atom. The minimum absolute atomic E-state index is 0.207. The third-order valence-electron chi connectivity index (χ3n) is 5.52. The second kappa shape index (κ2) is 8.57. The number of methoxy groups -OCH3 is 1. The van der Waals surface area contributed by atoms with Gasteiger partial charge in [0.25, 0.3) is 5.91 Å². The van der Waals surface area contributed by atoms with Crippen LogP contribution in [0.25, 0.3) is 10.2 Å². The summed E-state index contributed by atoms with van der Waals surface area (Å²) in [6, 6.07) is 9.87. The predicted molar refractivity (Wildman–Crippen MR) is 122 cm³/mol. The highest BCUT2D eigenvalue weighted by atomic mass is 32.2. The zero-order valence-electron chi connectivity index (χ0n) is 17.7. The summed E-state index contributed by atoms with van der Waals surface area (Å²) in [5.41, 5.74) is 2.13. The number of rotatable bonds is 5. The first-order valence-electron chi connectivity index (χ1n) is 10.2. The van der Waals surface area contributed by atoms with Crippen molar-refractivity contribution in [1.82, 2.24) is 9.29 Å². The number of sulfonamides is 1. The number of aromatic nitrogens is 1. The maximum Gasteiger partial charge on any atom is 0.257 e. The molecule has 0 radical (unpaired) electrons. The van der Waals surface area contributed by atoms with Gasteiger partial charge in [0.2, 0.25) is 10.0 Å². The second-order valence-electron chi connectivity index (χ2n) is 7.87. The molecule has 4 rings (SSSR count). The first-order chi connectivity index (χ1) is 14.8. The fourth-order valence-electron chi connectivity index (χ4n) is 3.79. The summed E-state index contributed by atoms with van der Waals surface area (Å²) in [6.45, 7) is 5.11. The third-order valence-corrected chi connectivity index (χ3v) is 8.50. The fourth-order valence-corrected chi connectivity index (χ4v) is 6.33. The Labute approximate surface area is 186 Å². The van der Waals surface area contributed by atoms with Gasteiger partial charge in [0, 0.05) is 18.7 Å². The molecule has 1 atom stereocenters. The summed E-state index contributed by atoms with van der Waals surface area (Å²) in [4.78, 5) is 17.4. The van der Waals surface area contributed by atoms with Crippen molar-refractivity contribution < 1.29 is 17.9 Å². The van der Waals surface area contributed by atoms with Crippen molar-refractivity contribution >= 4 is 42.6 Å². The standard InChI is InChI=1S/C22H25N3O4S2/c1-14-5-4-12-25(13-14)31(27,28)17-9-7-16(8-10-17)21(26)24-22-23-19-18(29-3)11-6-15(2)20(19)30-22/h6-11,14H,4-5,12-13H2,1-3H3,(H,23,24,26)/t14-/m1/s1. The predicted octanol–water partition coefficient (Wildman–Crippen LogP) is 4.29. The Bertz CT molecular complexity index is 1220. The van der Waals surface area contributed by atoms with E-state index in [9.17, 15) is 13.2 Å². The Morgan fingerprint density at radius 3 is 2.65 bits per heavy atom. The molecule has 0 aliphatic carbocycles. The first kappa shape index (κ1) is 21.7. The molecule has 1 N–H and O–H groups in total. The first-order valence-corrected chi connectivity index (χ1v) is 12.4. The van der Waals surface area contributed by atoms with Gasteiger partial charge in [-0.3, -0.25) is 10.1 Å². The van der Waals surface area contributed by atoms with E-state index in [0.29, 0.717) is 41.0 Å². The van der Waals surface area contributed by atoms with Crippen LogP contribution in [0.15, 0.2) is 41.3 Å². The molecule has 1 aliphatic rings. The van der Waals surface area contributed by atoms with Crippen LogP contribution in [-0.4, -0.2) is 43.8 Å². The molecule has 2 aromatic carbocycles. The zero-order chi connectivity index (χ0) is 22.2. The smallest absolute Gasteiger partial charge is 0.257 e. The fraction of sp³-hybridized carbons (Fsp3) is 0.364. The van der Waals surface area contributed by atoms with E-state index < -0.39 is 10.0 Å². The largest absolute Gasteiger partial charge is 0.494 e. The molecule has 2 heterocycles. The maximum absolute atomic E-state index is 12.9. The van der Waals surface area contributed by atoms with Crippen LogP contribution in [0.5, 0.6) is 5.75 Å². The number of benzene rings is 2. The zero-order valence-corrected chi connectivity index (χ0v) is 19.3. The van der Waals surface area contributed by atoms with E-state index in [2.05, 4.69) is 17.2 Å². The lowest BCUT2D eigenvalue weighted by atomic mass is 10.0. The van der Waals surface area contributed by atoms with Crippen molar-refractivity contribution in [2.75, 3.05) is 25.5 Å². The summed E-state index contributed by atoms with van der Waals surface area (Å²) in [6.07, 6.45) is 1.91. The summed E-state index contributed by atoms with van der Waals surface area (Å²) in [7, 11) is -1.96. The molecule has 7 nitrogen and oxygen atoms in total. The van der Waals surface area contributed by atoms with Crippen LogP contribution in [0, 0.1) is 12.8 Å². The van der Waals surface area contributed by atoms with Crippen LogP contribution in [0.2, 0.25) is 0 Å². The highest BCUT2D eigenvalue weighted by Gasteiger charge is 2.28. The van der Waals surface area contributed by atoms with Gasteiger partial charge in [-0.15, -0.1) is 0 Å². The SMILES string of the molecule is COc1ccc(C)c2sc(NC(=O)c3ccc(S(=O)(=O)N4CCC[C@@H](C)C4)cc3)nc12. The number of amides is 1. The lowest BCUT2D eigenvalue weighted by Crippen LogP contribution is -2.39. The van der Waals surface area contributed by atoms with Crippen LogP contribution < -0.4 is 10.1 Å². The molecule has 3 aromatic rings. The molecule has 0 saturated carbocycles. The number of anilines is 1. The van der Waals surface area contributed by atoms with Crippen molar-refractivity contribution in [3.8, 4) is 5.75 Å². The highest BCUT2D eigenvalue weighted by molar-refractivity contribution is 7.89. The molecule has 1 saturated heterocycles. The molecular weight excluding hydrogens is 434 g/mol. The van der Waals surface area contributed by atoms with Gasteiger partial charge in [0.1, 0.15) is 11.3 Å². The number of nitrogens with zero attached hydrogens (tertiary/aromatic N) is 2. The number of piperidine rings is 1. The maximum atomic E-state index is 12.9. The molecular formula is C22H25N3O4S2. The topological polar surface area (TPSA) is 88.6 Å². The van der Waals surface area contributed by atoms with Crippen LogP contribution in [0.4, 0.5) is 5.13 Å². The quantitative estimate of drug-likeness (QED) is 0.615. The van der Waals surface area contributed by atoms with E-state index in [4.69, 9.17) is 4.74 Å². The van der Waals surface area contributed by atoms with Gasteiger partial charge >= 0.3 is 0 Å². The van der Waals surface area contributed by atoms with Crippen LogP contribution in [0.3, 0.4) is 0 Å². The van der Waals surface area contributed by atoms with Crippen molar-refractivity contribution in [3.05, 3.63) is 47.5 Å². The van der Waals surface area contributed by atoms with Crippen molar-refractivity contribution in [3.63, 3.8) is 0 Å². The van der Waals surface area contributed by atoms with E-state index >= 15 is 0 Å². The van der Waals surface area contributed by atoms with Crippen molar-refractivity contribution in [1.29, 1.82) is 0 Å². The Morgan fingerprint density at radius 2 is 1.97 bits per heavy atom. The van der Waals surface area contributed by atoms with E-state index in [-0.39, 0.29) is 10.8 Å². The van der Waals surface area contributed by atoms with Gasteiger partial charge < -0.3 is 4.74 Å². The Hall–Kier alpha value is -2.49. The number of hydrogen-bond donors (Lipinski definition) is 1. The Balaban J connectivity index is 1.52. The van der Waals surface area contributed by atoms with Gasteiger partial charge in [0.05, 0.1) is 16.7 Å². The molecule has 164 valence electrons. The molecule has 9 heteroatoms. The highest BCUT2D eigenvalue weighted by Crippen LogP contribution is 2.35. The van der Waals surface area contributed by atoms with Crippen LogP contribution in [0.1, 0.15) is 35.7 Å². The minimum atomic E-state index is -3.55. The monoisotopic (exact) mass is 459 g/mol. The lowest BCUT2D eigenvalue weighted by Gasteiger charge is -2.30. The third kappa shape index (κ3) is 4.30. The minimum Gasteiger partial charge on any atom is -0.494 e.